The predicted molar refractivity (Wildman–Crippen MR) is 63.0 cm³/mol. The van der Waals surface area contributed by atoms with E-state index in [4.69, 9.17) is 5.73 Å². The maximum Gasteiger partial charge on any atom is 0.0385 e. The van der Waals surface area contributed by atoms with Gasteiger partial charge in [-0.3, -0.25) is 0 Å². The van der Waals surface area contributed by atoms with Crippen molar-refractivity contribution in [3.63, 3.8) is 0 Å². The van der Waals surface area contributed by atoms with Crippen LogP contribution in [0.4, 0.5) is 11.4 Å². The zero-order valence-electron chi connectivity index (χ0n) is 9.41. The summed E-state index contributed by atoms with van der Waals surface area (Å²) in [6, 6.07) is 6.39. The molecule has 0 aliphatic rings. The van der Waals surface area contributed by atoms with Gasteiger partial charge in [-0.2, -0.15) is 0 Å². The fourth-order valence-electron chi connectivity index (χ4n) is 1.29. The van der Waals surface area contributed by atoms with Crippen molar-refractivity contribution >= 4 is 11.4 Å². The molecule has 2 N–H and O–H groups in total. The normalized spacial score (nSPS) is 10.1. The van der Waals surface area contributed by atoms with E-state index < -0.39 is 0 Å². The molecule has 0 amide bonds. The highest BCUT2D eigenvalue weighted by atomic mass is 15.1. The average Bonchev–Trinajstić information content (AvgIpc) is 2.16. The summed E-state index contributed by atoms with van der Waals surface area (Å²) in [7, 11) is 8.15. The van der Waals surface area contributed by atoms with Crippen molar-refractivity contribution in [2.45, 2.75) is 6.54 Å². The molecule has 0 heterocycles. The molecule has 78 valence electrons. The molecule has 0 unspecified atom stereocenters. The molecule has 3 nitrogen and oxygen atoms in total. The Morgan fingerprint density at radius 2 is 1.36 bits per heavy atom. The first-order valence-electron chi connectivity index (χ1n) is 4.73. The second-order valence-corrected chi connectivity index (χ2v) is 3.85. The third-order valence-corrected chi connectivity index (χ3v) is 2.23. The number of hydrogen-bond acceptors (Lipinski definition) is 3. The minimum absolute atomic E-state index is 0.586. The quantitative estimate of drug-likeness (QED) is 0.785. The van der Waals surface area contributed by atoms with Gasteiger partial charge < -0.3 is 15.5 Å². The lowest BCUT2D eigenvalue weighted by atomic mass is 10.1. The van der Waals surface area contributed by atoms with E-state index in [1.165, 1.54) is 16.9 Å². The van der Waals surface area contributed by atoms with Gasteiger partial charge in [-0.1, -0.05) is 0 Å². The van der Waals surface area contributed by atoms with Gasteiger partial charge in [-0.15, -0.1) is 0 Å². The molecule has 0 aliphatic carbocycles. The largest absolute Gasteiger partial charge is 0.378 e. The molecule has 0 aliphatic heterocycles. The number of benzene rings is 1. The molecule has 0 spiro atoms. The van der Waals surface area contributed by atoms with Crippen LogP contribution in [0.1, 0.15) is 5.56 Å². The van der Waals surface area contributed by atoms with Crippen molar-refractivity contribution in [1.29, 1.82) is 0 Å². The number of rotatable bonds is 3. The Labute approximate surface area is 86.1 Å². The van der Waals surface area contributed by atoms with Crippen LogP contribution in [0, 0.1) is 0 Å². The summed E-state index contributed by atoms with van der Waals surface area (Å²) < 4.78 is 0. The van der Waals surface area contributed by atoms with Crippen LogP contribution in [0.3, 0.4) is 0 Å². The Kier molecular flexibility index (Phi) is 3.36. The van der Waals surface area contributed by atoms with E-state index in [2.05, 4.69) is 28.0 Å². The molecule has 0 bridgehead atoms. The van der Waals surface area contributed by atoms with E-state index in [0.29, 0.717) is 6.54 Å². The van der Waals surface area contributed by atoms with Crippen molar-refractivity contribution < 1.29 is 0 Å². The molecule has 0 saturated heterocycles. The second-order valence-electron chi connectivity index (χ2n) is 3.85. The molecule has 0 aromatic heterocycles. The standard InChI is InChI=1S/C11H19N3/c1-13(2)10-5-9(8-12)6-11(7-10)14(3)4/h5-7H,8,12H2,1-4H3. The summed E-state index contributed by atoms with van der Waals surface area (Å²) in [6.45, 7) is 0.586. The van der Waals surface area contributed by atoms with Crippen LogP contribution < -0.4 is 15.5 Å². The summed E-state index contributed by atoms with van der Waals surface area (Å²) in [5.74, 6) is 0. The van der Waals surface area contributed by atoms with Gasteiger partial charge in [0.15, 0.2) is 0 Å². The lowest BCUT2D eigenvalue weighted by Gasteiger charge is -2.19. The Hall–Kier alpha value is -1.22. The maximum absolute atomic E-state index is 5.65. The van der Waals surface area contributed by atoms with Crippen molar-refractivity contribution in [2.75, 3.05) is 38.0 Å². The number of anilines is 2. The van der Waals surface area contributed by atoms with E-state index in [0.717, 1.165) is 0 Å². The first-order valence-corrected chi connectivity index (χ1v) is 4.73. The highest BCUT2D eigenvalue weighted by Gasteiger charge is 2.02. The summed E-state index contributed by atoms with van der Waals surface area (Å²) in [5.41, 5.74) is 9.20. The van der Waals surface area contributed by atoms with Gasteiger partial charge in [0.05, 0.1) is 0 Å². The Morgan fingerprint density at radius 1 is 0.929 bits per heavy atom. The molecule has 1 aromatic carbocycles. The summed E-state index contributed by atoms with van der Waals surface area (Å²) in [5, 5.41) is 0. The molecular formula is C11H19N3. The number of nitrogens with two attached hydrogens (primary N) is 1. The van der Waals surface area contributed by atoms with Crippen molar-refractivity contribution in [3.8, 4) is 0 Å². The van der Waals surface area contributed by atoms with E-state index in [1.807, 2.05) is 28.2 Å². The SMILES string of the molecule is CN(C)c1cc(CN)cc(N(C)C)c1. The molecule has 0 radical (unpaired) electrons. The van der Waals surface area contributed by atoms with Crippen molar-refractivity contribution in [2.24, 2.45) is 5.73 Å². The van der Waals surface area contributed by atoms with Crippen LogP contribution in [0.5, 0.6) is 0 Å². The fourth-order valence-corrected chi connectivity index (χ4v) is 1.29. The van der Waals surface area contributed by atoms with Gasteiger partial charge in [0.2, 0.25) is 0 Å². The molecular weight excluding hydrogens is 174 g/mol. The Morgan fingerprint density at radius 3 is 1.64 bits per heavy atom. The van der Waals surface area contributed by atoms with Crippen LogP contribution >= 0.6 is 0 Å². The van der Waals surface area contributed by atoms with Crippen LogP contribution in [-0.2, 0) is 6.54 Å². The fraction of sp³-hybridized carbons (Fsp3) is 0.455. The van der Waals surface area contributed by atoms with Gasteiger partial charge in [0.1, 0.15) is 0 Å². The smallest absolute Gasteiger partial charge is 0.0385 e. The molecule has 1 aromatic rings. The highest BCUT2D eigenvalue weighted by molar-refractivity contribution is 5.60. The van der Waals surface area contributed by atoms with Gasteiger partial charge in [-0.05, 0) is 23.8 Å². The number of nitrogens with zero attached hydrogens (tertiary/aromatic N) is 2. The Balaban J connectivity index is 3.13. The lowest BCUT2D eigenvalue weighted by Crippen LogP contribution is -2.13. The van der Waals surface area contributed by atoms with E-state index >= 15 is 0 Å². The molecule has 1 rings (SSSR count). The lowest BCUT2D eigenvalue weighted by molar-refractivity contribution is 1.04. The van der Waals surface area contributed by atoms with Gasteiger partial charge in [0.25, 0.3) is 0 Å². The van der Waals surface area contributed by atoms with Crippen molar-refractivity contribution in [1.82, 2.24) is 0 Å². The third kappa shape index (κ3) is 2.39. The van der Waals surface area contributed by atoms with Crippen LogP contribution in [-0.4, -0.2) is 28.2 Å². The van der Waals surface area contributed by atoms with Gasteiger partial charge in [0, 0.05) is 46.1 Å². The summed E-state index contributed by atoms with van der Waals surface area (Å²) in [6.07, 6.45) is 0. The first kappa shape index (κ1) is 10.9. The third-order valence-electron chi connectivity index (χ3n) is 2.23. The first-order chi connectivity index (χ1) is 6.54. The number of hydrogen-bond donors (Lipinski definition) is 1. The van der Waals surface area contributed by atoms with Gasteiger partial charge >= 0.3 is 0 Å². The van der Waals surface area contributed by atoms with Crippen LogP contribution in [0.15, 0.2) is 18.2 Å². The average molecular weight is 193 g/mol. The zero-order valence-corrected chi connectivity index (χ0v) is 9.41. The minimum atomic E-state index is 0.586. The molecule has 0 fully saturated rings. The van der Waals surface area contributed by atoms with Crippen LogP contribution in [0.2, 0.25) is 0 Å². The minimum Gasteiger partial charge on any atom is -0.378 e. The topological polar surface area (TPSA) is 32.5 Å². The van der Waals surface area contributed by atoms with E-state index in [9.17, 15) is 0 Å². The second kappa shape index (κ2) is 4.33. The van der Waals surface area contributed by atoms with E-state index in [-0.39, 0.29) is 0 Å². The molecule has 14 heavy (non-hydrogen) atoms. The predicted octanol–water partition coefficient (Wildman–Crippen LogP) is 1.28. The zero-order chi connectivity index (χ0) is 10.7. The summed E-state index contributed by atoms with van der Waals surface area (Å²) >= 11 is 0. The summed E-state index contributed by atoms with van der Waals surface area (Å²) in [4.78, 5) is 4.18. The van der Waals surface area contributed by atoms with Crippen molar-refractivity contribution in [3.05, 3.63) is 23.8 Å². The molecule has 0 atom stereocenters. The monoisotopic (exact) mass is 193 g/mol. The Bertz CT molecular complexity index is 279. The van der Waals surface area contributed by atoms with E-state index in [1.54, 1.807) is 0 Å². The van der Waals surface area contributed by atoms with Crippen LogP contribution in [0.25, 0.3) is 0 Å². The molecule has 3 heteroatoms. The van der Waals surface area contributed by atoms with Gasteiger partial charge in [-0.25, -0.2) is 0 Å². The molecule has 0 saturated carbocycles. The maximum atomic E-state index is 5.65. The highest BCUT2D eigenvalue weighted by Crippen LogP contribution is 2.22.